The molecule has 146 valence electrons. The SMILES string of the molecule is CCOC(=O)[C@@H]1[C@@H](O[Si](C)(C)C(C)(C)C)CCN1C(=O)OC(C)(C)C. The van der Waals surface area contributed by atoms with Gasteiger partial charge in [0, 0.05) is 6.54 Å². The summed E-state index contributed by atoms with van der Waals surface area (Å²) in [4.78, 5) is 26.5. The van der Waals surface area contributed by atoms with Gasteiger partial charge in [0.05, 0.1) is 12.7 Å². The van der Waals surface area contributed by atoms with E-state index in [0.29, 0.717) is 13.0 Å². The van der Waals surface area contributed by atoms with Crippen LogP contribution in [0.2, 0.25) is 18.1 Å². The summed E-state index contributed by atoms with van der Waals surface area (Å²) < 4.78 is 17.1. The van der Waals surface area contributed by atoms with E-state index in [4.69, 9.17) is 13.9 Å². The highest BCUT2D eigenvalue weighted by Gasteiger charge is 2.49. The summed E-state index contributed by atoms with van der Waals surface area (Å²) in [6.07, 6.45) is -0.241. The third kappa shape index (κ3) is 5.71. The van der Waals surface area contributed by atoms with Crippen molar-refractivity contribution in [2.24, 2.45) is 0 Å². The van der Waals surface area contributed by atoms with Crippen molar-refractivity contribution in [1.82, 2.24) is 4.90 Å². The first-order chi connectivity index (χ1) is 11.2. The van der Waals surface area contributed by atoms with Crippen LogP contribution in [0.4, 0.5) is 4.79 Å². The highest BCUT2D eigenvalue weighted by molar-refractivity contribution is 6.74. The first-order valence-electron chi connectivity index (χ1n) is 9.03. The smallest absolute Gasteiger partial charge is 0.411 e. The second-order valence-electron chi connectivity index (χ2n) is 9.08. The Balaban J connectivity index is 3.03. The lowest BCUT2D eigenvalue weighted by Gasteiger charge is -2.39. The molecule has 1 amide bonds. The maximum atomic E-state index is 12.5. The van der Waals surface area contributed by atoms with Crippen molar-refractivity contribution in [2.75, 3.05) is 13.2 Å². The van der Waals surface area contributed by atoms with Gasteiger partial charge in [-0.25, -0.2) is 9.59 Å². The van der Waals surface area contributed by atoms with Gasteiger partial charge in [-0.3, -0.25) is 4.90 Å². The minimum absolute atomic E-state index is 0.0194. The van der Waals surface area contributed by atoms with Crippen LogP contribution in [0.1, 0.15) is 54.9 Å². The van der Waals surface area contributed by atoms with E-state index in [1.54, 1.807) is 6.92 Å². The van der Waals surface area contributed by atoms with E-state index >= 15 is 0 Å². The Kier molecular flexibility index (Phi) is 6.73. The van der Waals surface area contributed by atoms with Gasteiger partial charge in [-0.15, -0.1) is 0 Å². The van der Waals surface area contributed by atoms with Crippen molar-refractivity contribution in [3.63, 3.8) is 0 Å². The fourth-order valence-corrected chi connectivity index (χ4v) is 3.83. The topological polar surface area (TPSA) is 65.1 Å². The zero-order chi connectivity index (χ0) is 19.6. The van der Waals surface area contributed by atoms with E-state index < -0.39 is 32.0 Å². The molecular weight excluding hydrogens is 338 g/mol. The average molecular weight is 374 g/mol. The Labute approximate surface area is 153 Å². The van der Waals surface area contributed by atoms with Crippen LogP contribution in [-0.2, 0) is 18.7 Å². The standard InChI is InChI=1S/C18H35NO5Si/c1-10-22-15(20)14-13(24-25(8,9)18(5,6)7)11-12-19(14)16(21)23-17(2,3)4/h13-14H,10-12H2,1-9H3/t13-,14-/m0/s1. The highest BCUT2D eigenvalue weighted by Crippen LogP contribution is 2.39. The number of esters is 1. The average Bonchev–Trinajstić information content (AvgIpc) is 2.78. The van der Waals surface area contributed by atoms with Gasteiger partial charge >= 0.3 is 12.1 Å². The molecule has 0 spiro atoms. The minimum atomic E-state index is -2.08. The monoisotopic (exact) mass is 373 g/mol. The van der Waals surface area contributed by atoms with Crippen molar-refractivity contribution in [3.05, 3.63) is 0 Å². The molecule has 0 bridgehead atoms. The Bertz CT molecular complexity index is 493. The zero-order valence-corrected chi connectivity index (χ0v) is 18.3. The molecule has 0 N–H and O–H groups in total. The Morgan fingerprint density at radius 3 is 2.12 bits per heavy atom. The van der Waals surface area contributed by atoms with Crippen LogP contribution in [0.5, 0.6) is 0 Å². The van der Waals surface area contributed by atoms with Crippen molar-refractivity contribution in [3.8, 4) is 0 Å². The molecular formula is C18H35NO5Si. The van der Waals surface area contributed by atoms with E-state index in [2.05, 4.69) is 33.9 Å². The van der Waals surface area contributed by atoms with E-state index in [1.165, 1.54) is 4.90 Å². The maximum absolute atomic E-state index is 12.5. The van der Waals surface area contributed by atoms with Crippen LogP contribution in [0.15, 0.2) is 0 Å². The molecule has 6 nitrogen and oxygen atoms in total. The molecule has 1 aliphatic heterocycles. The minimum Gasteiger partial charge on any atom is -0.464 e. The molecule has 0 aliphatic carbocycles. The Morgan fingerprint density at radius 2 is 1.68 bits per heavy atom. The van der Waals surface area contributed by atoms with Crippen molar-refractivity contribution < 1.29 is 23.5 Å². The highest BCUT2D eigenvalue weighted by atomic mass is 28.4. The van der Waals surface area contributed by atoms with Gasteiger partial charge in [0.1, 0.15) is 5.60 Å². The number of carbonyl (C=O) groups excluding carboxylic acids is 2. The van der Waals surface area contributed by atoms with Crippen molar-refractivity contribution in [1.29, 1.82) is 0 Å². The molecule has 2 atom stereocenters. The Morgan fingerprint density at radius 1 is 1.12 bits per heavy atom. The first-order valence-corrected chi connectivity index (χ1v) is 11.9. The number of amides is 1. The van der Waals surface area contributed by atoms with Crippen molar-refractivity contribution >= 4 is 20.4 Å². The molecule has 0 saturated carbocycles. The van der Waals surface area contributed by atoms with Gasteiger partial charge < -0.3 is 13.9 Å². The molecule has 0 radical (unpaired) electrons. The summed E-state index contributed by atoms with van der Waals surface area (Å²) in [5.74, 6) is -0.422. The molecule has 1 saturated heterocycles. The van der Waals surface area contributed by atoms with Crippen LogP contribution >= 0.6 is 0 Å². The number of rotatable bonds is 4. The van der Waals surface area contributed by atoms with Crippen LogP contribution in [-0.4, -0.2) is 56.2 Å². The summed E-state index contributed by atoms with van der Waals surface area (Å²) >= 11 is 0. The van der Waals surface area contributed by atoms with Gasteiger partial charge in [0.15, 0.2) is 14.4 Å². The lowest BCUT2D eigenvalue weighted by Crippen LogP contribution is -2.52. The molecule has 1 aliphatic rings. The van der Waals surface area contributed by atoms with Gasteiger partial charge in [0.25, 0.3) is 0 Å². The van der Waals surface area contributed by atoms with Crippen LogP contribution < -0.4 is 0 Å². The summed E-state index contributed by atoms with van der Waals surface area (Å²) in [5.41, 5.74) is -0.616. The van der Waals surface area contributed by atoms with E-state index in [9.17, 15) is 9.59 Å². The molecule has 0 aromatic rings. The lowest BCUT2D eigenvalue weighted by atomic mass is 10.2. The first kappa shape index (κ1) is 22.0. The predicted molar refractivity (Wildman–Crippen MR) is 100 cm³/mol. The zero-order valence-electron chi connectivity index (χ0n) is 17.3. The molecule has 1 fully saturated rings. The number of likely N-dealkylation sites (tertiary alicyclic amines) is 1. The second-order valence-corrected chi connectivity index (χ2v) is 13.8. The molecule has 0 unspecified atom stereocenters. The summed E-state index contributed by atoms with van der Waals surface area (Å²) in [5, 5.41) is 0.0194. The fourth-order valence-electron chi connectivity index (χ4n) is 2.47. The van der Waals surface area contributed by atoms with Crippen LogP contribution in [0.25, 0.3) is 0 Å². The third-order valence-electron chi connectivity index (χ3n) is 4.75. The van der Waals surface area contributed by atoms with Crippen molar-refractivity contribution in [2.45, 2.75) is 90.8 Å². The van der Waals surface area contributed by atoms with Gasteiger partial charge in [0.2, 0.25) is 0 Å². The fraction of sp³-hybridized carbons (Fsp3) is 0.889. The molecule has 0 aromatic carbocycles. The molecule has 1 heterocycles. The number of carbonyl (C=O) groups is 2. The summed E-state index contributed by atoms with van der Waals surface area (Å²) in [6.45, 7) is 18.6. The molecule has 25 heavy (non-hydrogen) atoms. The van der Waals surface area contributed by atoms with E-state index in [0.717, 1.165) is 0 Å². The number of ether oxygens (including phenoxy) is 2. The quantitative estimate of drug-likeness (QED) is 0.551. The largest absolute Gasteiger partial charge is 0.464 e. The maximum Gasteiger partial charge on any atom is 0.411 e. The van der Waals surface area contributed by atoms with Gasteiger partial charge in [-0.2, -0.15) is 0 Å². The molecule has 7 heteroatoms. The number of hydrogen-bond acceptors (Lipinski definition) is 5. The summed E-state index contributed by atoms with van der Waals surface area (Å²) in [7, 11) is -2.08. The predicted octanol–water partition coefficient (Wildman–Crippen LogP) is 3.95. The third-order valence-corrected chi connectivity index (χ3v) is 9.26. The second kappa shape index (κ2) is 7.66. The number of hydrogen-bond donors (Lipinski definition) is 0. The van der Waals surface area contributed by atoms with Gasteiger partial charge in [-0.1, -0.05) is 20.8 Å². The Hall–Kier alpha value is -1.08. The number of nitrogens with zero attached hydrogens (tertiary/aromatic N) is 1. The van der Waals surface area contributed by atoms with E-state index in [-0.39, 0.29) is 17.7 Å². The van der Waals surface area contributed by atoms with Crippen LogP contribution in [0, 0.1) is 0 Å². The normalized spacial score (nSPS) is 22.0. The van der Waals surface area contributed by atoms with Gasteiger partial charge in [-0.05, 0) is 52.2 Å². The summed E-state index contributed by atoms with van der Waals surface area (Å²) in [6, 6.07) is -0.746. The molecule has 0 aromatic heterocycles. The van der Waals surface area contributed by atoms with Crippen LogP contribution in [0.3, 0.4) is 0 Å². The lowest BCUT2D eigenvalue weighted by molar-refractivity contribution is -0.150. The molecule has 1 rings (SSSR count). The van der Waals surface area contributed by atoms with E-state index in [1.807, 2.05) is 20.8 Å².